The largest absolute Gasteiger partial charge is 0.294 e. The minimum atomic E-state index is -0.103. The molecule has 112 valence electrons. The Kier molecular flexibility index (Phi) is 2.72. The van der Waals surface area contributed by atoms with Crippen molar-refractivity contribution in [3.8, 4) is 0 Å². The average molecular weight is 282 g/mol. The van der Waals surface area contributed by atoms with Crippen LogP contribution in [0.1, 0.15) is 46.5 Å². The summed E-state index contributed by atoms with van der Waals surface area (Å²) in [5, 5.41) is 0. The lowest BCUT2D eigenvalue weighted by Crippen LogP contribution is -2.49. The Morgan fingerprint density at radius 3 is 2.86 bits per heavy atom. The highest BCUT2D eigenvalue weighted by molar-refractivity contribution is 5.97. The number of hydrogen-bond donors (Lipinski definition) is 0. The van der Waals surface area contributed by atoms with E-state index < -0.39 is 0 Å². The fourth-order valence-corrected chi connectivity index (χ4v) is 5.69. The minimum absolute atomic E-state index is 0.103. The van der Waals surface area contributed by atoms with Gasteiger partial charge in [-0.05, 0) is 55.4 Å². The zero-order valence-corrected chi connectivity index (χ0v) is 13.4. The van der Waals surface area contributed by atoms with Gasteiger partial charge < -0.3 is 0 Å². The van der Waals surface area contributed by atoms with E-state index in [2.05, 4.69) is 45.1 Å². The molecule has 3 unspecified atom stereocenters. The first-order valence-electron chi connectivity index (χ1n) is 8.56. The second kappa shape index (κ2) is 4.21. The molecule has 0 N–H and O–H groups in total. The van der Waals surface area contributed by atoms with Crippen LogP contribution in [0.4, 0.5) is 0 Å². The number of rotatable bonds is 0. The first-order valence-corrected chi connectivity index (χ1v) is 8.56. The summed E-state index contributed by atoms with van der Waals surface area (Å²) >= 11 is 0. The summed E-state index contributed by atoms with van der Waals surface area (Å²) in [5.41, 5.74) is 1.81. The van der Waals surface area contributed by atoms with E-state index in [1.807, 2.05) is 6.08 Å². The Labute approximate surface area is 128 Å². The first kappa shape index (κ1) is 13.5. The van der Waals surface area contributed by atoms with Crippen molar-refractivity contribution >= 4 is 5.78 Å². The van der Waals surface area contributed by atoms with Gasteiger partial charge >= 0.3 is 0 Å². The van der Waals surface area contributed by atoms with Crippen molar-refractivity contribution in [1.82, 2.24) is 0 Å². The van der Waals surface area contributed by atoms with Crippen molar-refractivity contribution in [2.75, 3.05) is 0 Å². The molecule has 1 heteroatoms. The molecule has 1 fully saturated rings. The molecule has 0 aliphatic heterocycles. The Balaban J connectivity index is 1.74. The van der Waals surface area contributed by atoms with Crippen LogP contribution in [-0.4, -0.2) is 5.78 Å². The van der Waals surface area contributed by atoms with Crippen LogP contribution in [0.5, 0.6) is 0 Å². The maximum Gasteiger partial charge on any atom is 0.161 e. The lowest BCUT2D eigenvalue weighted by molar-refractivity contribution is -0.128. The van der Waals surface area contributed by atoms with Gasteiger partial charge in [0.25, 0.3) is 0 Å². The number of ketones is 1. The maximum absolute atomic E-state index is 12.3. The van der Waals surface area contributed by atoms with E-state index in [1.165, 1.54) is 19.3 Å². The van der Waals surface area contributed by atoms with E-state index in [1.54, 1.807) is 5.57 Å². The number of carbonyl (C=O) groups is 1. The quantitative estimate of drug-likeness (QED) is 0.588. The standard InChI is InChI=1S/C20H26O/c1-13-8-10-19(2)14(12-13)4-5-15-16-6-7-18(21)20(16,3)11-9-17(15)19/h4,6-8,10,13,15-17H,5,9,11-12H2,1-3H3/t13-,15?,16?,17?,19-,20-/m0/s1. The van der Waals surface area contributed by atoms with Crippen LogP contribution in [0.15, 0.2) is 36.0 Å². The Bertz CT molecular complexity index is 581. The molecule has 4 rings (SSSR count). The summed E-state index contributed by atoms with van der Waals surface area (Å²) in [6.07, 6.45) is 16.2. The van der Waals surface area contributed by atoms with E-state index in [0.29, 0.717) is 23.5 Å². The van der Waals surface area contributed by atoms with E-state index in [-0.39, 0.29) is 10.8 Å². The van der Waals surface area contributed by atoms with Gasteiger partial charge in [0, 0.05) is 10.8 Å². The number of carbonyl (C=O) groups excluding carboxylic acids is 1. The molecule has 21 heavy (non-hydrogen) atoms. The molecule has 1 saturated carbocycles. The summed E-state index contributed by atoms with van der Waals surface area (Å²) in [6, 6.07) is 0. The minimum Gasteiger partial charge on any atom is -0.294 e. The van der Waals surface area contributed by atoms with Crippen LogP contribution in [0.25, 0.3) is 0 Å². The smallest absolute Gasteiger partial charge is 0.161 e. The van der Waals surface area contributed by atoms with Gasteiger partial charge in [0.2, 0.25) is 0 Å². The van der Waals surface area contributed by atoms with Crippen molar-refractivity contribution in [3.63, 3.8) is 0 Å². The molecule has 0 aromatic heterocycles. The summed E-state index contributed by atoms with van der Waals surface area (Å²) in [5.74, 6) is 2.89. The van der Waals surface area contributed by atoms with Gasteiger partial charge in [-0.25, -0.2) is 0 Å². The van der Waals surface area contributed by atoms with Crippen molar-refractivity contribution in [3.05, 3.63) is 36.0 Å². The van der Waals surface area contributed by atoms with Crippen LogP contribution in [0.3, 0.4) is 0 Å². The molecule has 0 radical (unpaired) electrons. The number of hydrogen-bond acceptors (Lipinski definition) is 1. The van der Waals surface area contributed by atoms with Gasteiger partial charge in [0.05, 0.1) is 0 Å². The molecule has 0 spiro atoms. The molecule has 0 heterocycles. The number of allylic oxidation sites excluding steroid dienone is 6. The summed E-state index contributed by atoms with van der Waals surface area (Å²) in [6.45, 7) is 6.97. The molecule has 6 atom stereocenters. The fourth-order valence-electron chi connectivity index (χ4n) is 5.69. The Hall–Kier alpha value is -1.11. The molecule has 0 saturated heterocycles. The molecular weight excluding hydrogens is 256 g/mol. The molecule has 0 amide bonds. The van der Waals surface area contributed by atoms with Gasteiger partial charge in [0.1, 0.15) is 0 Å². The van der Waals surface area contributed by atoms with E-state index >= 15 is 0 Å². The molecule has 0 aromatic rings. The normalized spacial score (nSPS) is 51.2. The molecule has 0 aromatic carbocycles. The van der Waals surface area contributed by atoms with Crippen molar-refractivity contribution < 1.29 is 4.79 Å². The maximum atomic E-state index is 12.3. The molecule has 1 nitrogen and oxygen atoms in total. The second-order valence-corrected chi connectivity index (χ2v) is 8.26. The SMILES string of the molecule is C[C@H]1C=C[C@@]2(C)C(=CCC3C2CC[C@]2(C)C(=O)C=CC32)C1. The van der Waals surface area contributed by atoms with Gasteiger partial charge in [-0.15, -0.1) is 0 Å². The van der Waals surface area contributed by atoms with Gasteiger partial charge in [-0.1, -0.05) is 50.6 Å². The first-order chi connectivity index (χ1) is 9.95. The van der Waals surface area contributed by atoms with Crippen LogP contribution in [0.2, 0.25) is 0 Å². The lowest BCUT2D eigenvalue weighted by Gasteiger charge is -2.55. The molecule has 4 aliphatic rings. The zero-order chi connectivity index (χ0) is 14.8. The third kappa shape index (κ3) is 1.67. The van der Waals surface area contributed by atoms with Crippen molar-refractivity contribution in [2.24, 2.45) is 34.5 Å². The average Bonchev–Trinajstić information content (AvgIpc) is 2.76. The van der Waals surface area contributed by atoms with Gasteiger partial charge in [-0.2, -0.15) is 0 Å². The predicted octanol–water partition coefficient (Wildman–Crippen LogP) is 4.71. The van der Waals surface area contributed by atoms with Gasteiger partial charge in [-0.3, -0.25) is 4.79 Å². The molecule has 0 bridgehead atoms. The third-order valence-corrected chi connectivity index (χ3v) is 7.12. The zero-order valence-electron chi connectivity index (χ0n) is 13.4. The van der Waals surface area contributed by atoms with Crippen LogP contribution in [-0.2, 0) is 4.79 Å². The summed E-state index contributed by atoms with van der Waals surface area (Å²) < 4.78 is 0. The highest BCUT2D eigenvalue weighted by Crippen LogP contribution is 2.61. The Morgan fingerprint density at radius 1 is 1.24 bits per heavy atom. The monoisotopic (exact) mass is 282 g/mol. The highest BCUT2D eigenvalue weighted by atomic mass is 16.1. The summed E-state index contributed by atoms with van der Waals surface area (Å²) in [4.78, 5) is 12.3. The second-order valence-electron chi connectivity index (χ2n) is 8.26. The van der Waals surface area contributed by atoms with Crippen LogP contribution < -0.4 is 0 Å². The lowest BCUT2D eigenvalue weighted by atomic mass is 9.49. The van der Waals surface area contributed by atoms with E-state index in [9.17, 15) is 4.79 Å². The van der Waals surface area contributed by atoms with E-state index in [4.69, 9.17) is 0 Å². The predicted molar refractivity (Wildman–Crippen MR) is 85.7 cm³/mol. The topological polar surface area (TPSA) is 17.1 Å². The van der Waals surface area contributed by atoms with Gasteiger partial charge in [0.15, 0.2) is 5.78 Å². The van der Waals surface area contributed by atoms with Crippen LogP contribution in [0, 0.1) is 34.5 Å². The number of fused-ring (bicyclic) bond motifs is 5. The Morgan fingerprint density at radius 2 is 2.05 bits per heavy atom. The van der Waals surface area contributed by atoms with E-state index in [0.717, 1.165) is 12.3 Å². The molecule has 4 aliphatic carbocycles. The fraction of sp³-hybridized carbons (Fsp3) is 0.650. The van der Waals surface area contributed by atoms with Crippen molar-refractivity contribution in [2.45, 2.75) is 46.5 Å². The van der Waals surface area contributed by atoms with Crippen molar-refractivity contribution in [1.29, 1.82) is 0 Å². The summed E-state index contributed by atoms with van der Waals surface area (Å²) in [7, 11) is 0. The highest BCUT2D eigenvalue weighted by Gasteiger charge is 2.56. The third-order valence-electron chi connectivity index (χ3n) is 7.12. The molecular formula is C20H26O. The van der Waals surface area contributed by atoms with Crippen LogP contribution >= 0.6 is 0 Å².